The molecule has 4 nitrogen and oxygen atoms in total. The predicted molar refractivity (Wildman–Crippen MR) is 69.1 cm³/mol. The van der Waals surface area contributed by atoms with Crippen LogP contribution >= 0.6 is 11.8 Å². The molecule has 5 atom stereocenters. The lowest BCUT2D eigenvalue weighted by Crippen LogP contribution is -2.55. The molecule has 0 saturated carbocycles. The second-order valence-electron chi connectivity index (χ2n) is 4.41. The summed E-state index contributed by atoms with van der Waals surface area (Å²) in [6, 6.07) is 0. The Balaban J connectivity index is 2.59. The van der Waals surface area contributed by atoms with Crippen LogP contribution in [-0.2, 0) is 9.47 Å². The minimum absolute atomic E-state index is 0.0132. The molecule has 17 heavy (non-hydrogen) atoms. The molecule has 0 aliphatic carbocycles. The number of thioether (sulfide) groups is 1. The van der Waals surface area contributed by atoms with Crippen LogP contribution in [0.3, 0.4) is 0 Å². The Morgan fingerprint density at radius 1 is 1.24 bits per heavy atom. The number of aliphatic hydroxyl groups is 2. The number of hydrogen-bond donors (Lipinski definition) is 2. The van der Waals surface area contributed by atoms with Crippen LogP contribution in [0, 0.1) is 5.92 Å². The summed E-state index contributed by atoms with van der Waals surface area (Å²) < 4.78 is 10.8. The third kappa shape index (κ3) is 3.83. The summed E-state index contributed by atoms with van der Waals surface area (Å²) in [5.74, 6) is 1.92. The molecule has 0 aromatic rings. The monoisotopic (exact) mass is 264 g/mol. The minimum atomic E-state index is -0.947. The van der Waals surface area contributed by atoms with E-state index in [9.17, 15) is 10.2 Å². The summed E-state index contributed by atoms with van der Waals surface area (Å²) in [7, 11) is 1.49. The summed E-state index contributed by atoms with van der Waals surface area (Å²) in [6.45, 7) is 4.15. The van der Waals surface area contributed by atoms with Gasteiger partial charge in [0.25, 0.3) is 0 Å². The molecule has 0 aromatic carbocycles. The van der Waals surface area contributed by atoms with Crippen molar-refractivity contribution in [2.45, 2.75) is 51.3 Å². The molecule has 0 aromatic heterocycles. The minimum Gasteiger partial charge on any atom is -0.390 e. The molecule has 1 aliphatic heterocycles. The average molecular weight is 264 g/mol. The molecular weight excluding hydrogens is 240 g/mol. The van der Waals surface area contributed by atoms with Gasteiger partial charge < -0.3 is 19.7 Å². The molecule has 5 heteroatoms. The van der Waals surface area contributed by atoms with Gasteiger partial charge in [-0.05, 0) is 18.6 Å². The van der Waals surface area contributed by atoms with E-state index in [1.54, 1.807) is 0 Å². The molecule has 2 N–H and O–H groups in total. The van der Waals surface area contributed by atoms with E-state index in [0.29, 0.717) is 0 Å². The fourth-order valence-corrected chi connectivity index (χ4v) is 3.21. The maximum atomic E-state index is 10.0. The van der Waals surface area contributed by atoms with E-state index in [0.717, 1.165) is 24.3 Å². The predicted octanol–water partition coefficient (Wildman–Crippen LogP) is 1.25. The van der Waals surface area contributed by atoms with E-state index in [2.05, 4.69) is 6.92 Å². The van der Waals surface area contributed by atoms with Crippen molar-refractivity contribution in [2.24, 2.45) is 5.92 Å². The van der Waals surface area contributed by atoms with Crippen LogP contribution < -0.4 is 0 Å². The van der Waals surface area contributed by atoms with Crippen LogP contribution in [0.15, 0.2) is 0 Å². The van der Waals surface area contributed by atoms with E-state index in [-0.39, 0.29) is 12.0 Å². The van der Waals surface area contributed by atoms with Crippen LogP contribution in [-0.4, -0.2) is 53.4 Å². The highest BCUT2D eigenvalue weighted by Crippen LogP contribution is 2.30. The largest absolute Gasteiger partial charge is 0.390 e. The second-order valence-corrected chi connectivity index (χ2v) is 5.56. The molecule has 1 rings (SSSR count). The number of methoxy groups -OCH3 is 1. The average Bonchev–Trinajstić information content (AvgIpc) is 2.34. The Morgan fingerprint density at radius 3 is 2.47 bits per heavy atom. The first-order chi connectivity index (χ1) is 8.15. The van der Waals surface area contributed by atoms with E-state index in [1.807, 2.05) is 18.7 Å². The molecule has 4 unspecified atom stereocenters. The van der Waals surface area contributed by atoms with Gasteiger partial charge in [-0.1, -0.05) is 13.8 Å². The van der Waals surface area contributed by atoms with Gasteiger partial charge in [-0.2, -0.15) is 11.8 Å². The zero-order valence-corrected chi connectivity index (χ0v) is 11.7. The SMILES string of the molecule is CCCSCC1O[C@@H](OC)C(O)C(O)C1CC. The molecule has 1 fully saturated rings. The van der Waals surface area contributed by atoms with Gasteiger partial charge in [0.2, 0.25) is 0 Å². The quantitative estimate of drug-likeness (QED) is 0.707. The molecule has 0 radical (unpaired) electrons. The fourth-order valence-electron chi connectivity index (χ4n) is 2.19. The van der Waals surface area contributed by atoms with Crippen LogP contribution in [0.25, 0.3) is 0 Å². The van der Waals surface area contributed by atoms with Crippen LogP contribution in [0.1, 0.15) is 26.7 Å². The van der Waals surface area contributed by atoms with E-state index in [1.165, 1.54) is 7.11 Å². The van der Waals surface area contributed by atoms with Gasteiger partial charge in [-0.25, -0.2) is 0 Å². The van der Waals surface area contributed by atoms with Crippen molar-refractivity contribution in [3.8, 4) is 0 Å². The smallest absolute Gasteiger partial charge is 0.186 e. The first-order valence-corrected chi connectivity index (χ1v) is 7.43. The van der Waals surface area contributed by atoms with Gasteiger partial charge >= 0.3 is 0 Å². The zero-order chi connectivity index (χ0) is 12.8. The Kier molecular flexibility index (Phi) is 6.80. The maximum absolute atomic E-state index is 10.0. The summed E-state index contributed by atoms with van der Waals surface area (Å²) >= 11 is 1.82. The molecule has 1 heterocycles. The van der Waals surface area contributed by atoms with Crippen molar-refractivity contribution >= 4 is 11.8 Å². The van der Waals surface area contributed by atoms with E-state index < -0.39 is 18.5 Å². The fraction of sp³-hybridized carbons (Fsp3) is 1.00. The van der Waals surface area contributed by atoms with Gasteiger partial charge in [-0.3, -0.25) is 0 Å². The van der Waals surface area contributed by atoms with Crippen LogP contribution in [0.5, 0.6) is 0 Å². The van der Waals surface area contributed by atoms with Gasteiger partial charge in [0.15, 0.2) is 6.29 Å². The van der Waals surface area contributed by atoms with Crippen LogP contribution in [0.2, 0.25) is 0 Å². The Labute approximate surface area is 108 Å². The third-order valence-electron chi connectivity index (χ3n) is 3.19. The summed E-state index contributed by atoms with van der Waals surface area (Å²) in [5.41, 5.74) is 0. The highest BCUT2D eigenvalue weighted by Gasteiger charge is 2.43. The molecule has 102 valence electrons. The number of rotatable bonds is 6. The topological polar surface area (TPSA) is 58.9 Å². The lowest BCUT2D eigenvalue weighted by Gasteiger charge is -2.42. The summed E-state index contributed by atoms with van der Waals surface area (Å²) in [5, 5.41) is 19.9. The van der Waals surface area contributed by atoms with Crippen molar-refractivity contribution in [2.75, 3.05) is 18.6 Å². The van der Waals surface area contributed by atoms with Gasteiger partial charge in [0.05, 0.1) is 12.2 Å². The van der Waals surface area contributed by atoms with Crippen molar-refractivity contribution in [1.29, 1.82) is 0 Å². The Bertz CT molecular complexity index is 215. The van der Waals surface area contributed by atoms with Crippen LogP contribution in [0.4, 0.5) is 0 Å². The molecule has 1 aliphatic rings. The van der Waals surface area contributed by atoms with Gasteiger partial charge in [0, 0.05) is 18.8 Å². The third-order valence-corrected chi connectivity index (χ3v) is 4.45. The van der Waals surface area contributed by atoms with Crippen molar-refractivity contribution < 1.29 is 19.7 Å². The van der Waals surface area contributed by atoms with Crippen molar-refractivity contribution in [3.05, 3.63) is 0 Å². The Hall–Kier alpha value is 0.190. The molecule has 0 spiro atoms. The van der Waals surface area contributed by atoms with Crippen molar-refractivity contribution in [3.63, 3.8) is 0 Å². The zero-order valence-electron chi connectivity index (χ0n) is 10.8. The Morgan fingerprint density at radius 2 is 1.94 bits per heavy atom. The number of ether oxygens (including phenoxy) is 2. The number of aliphatic hydroxyl groups excluding tert-OH is 2. The molecule has 0 bridgehead atoms. The molecular formula is C12H24O4S. The highest BCUT2D eigenvalue weighted by molar-refractivity contribution is 7.99. The van der Waals surface area contributed by atoms with Crippen molar-refractivity contribution in [1.82, 2.24) is 0 Å². The second kappa shape index (κ2) is 7.59. The normalized spacial score (nSPS) is 38.3. The van der Waals surface area contributed by atoms with Gasteiger partial charge in [0.1, 0.15) is 6.10 Å². The van der Waals surface area contributed by atoms with E-state index >= 15 is 0 Å². The lowest BCUT2D eigenvalue weighted by atomic mass is 9.88. The molecule has 0 amide bonds. The van der Waals surface area contributed by atoms with E-state index in [4.69, 9.17) is 9.47 Å². The number of hydrogen-bond acceptors (Lipinski definition) is 5. The highest BCUT2D eigenvalue weighted by atomic mass is 32.2. The summed E-state index contributed by atoms with van der Waals surface area (Å²) in [4.78, 5) is 0. The first kappa shape index (κ1) is 15.2. The summed E-state index contributed by atoms with van der Waals surface area (Å²) in [6.07, 6.45) is -0.526. The maximum Gasteiger partial charge on any atom is 0.186 e. The molecule has 1 saturated heterocycles. The van der Waals surface area contributed by atoms with Gasteiger partial charge in [-0.15, -0.1) is 0 Å². The lowest BCUT2D eigenvalue weighted by molar-refractivity contribution is -0.273. The standard InChI is InChI=1S/C12H24O4S/c1-4-6-17-7-9-8(5-2)10(13)11(14)12(15-3)16-9/h8-14H,4-7H2,1-3H3/t8?,9?,10?,11?,12-/m1/s1. The first-order valence-electron chi connectivity index (χ1n) is 6.27.